The first-order valence-electron chi connectivity index (χ1n) is 6.60. The highest BCUT2D eigenvalue weighted by atomic mass is 16.2. The van der Waals surface area contributed by atoms with Crippen molar-refractivity contribution >= 4 is 11.6 Å². The number of nitrogen functional groups attached to an aromatic ring is 1. The molecular weight excluding hydrogens is 238 g/mol. The Bertz CT molecular complexity index is 476. The smallest absolute Gasteiger partial charge is 0.256 e. The minimum absolute atomic E-state index is 0.0412. The second kappa shape index (κ2) is 5.89. The predicted octanol–water partition coefficient (Wildman–Crippen LogP) is 1.52. The zero-order chi connectivity index (χ0) is 13.8. The van der Waals surface area contributed by atoms with E-state index in [1.807, 2.05) is 30.0 Å². The molecule has 1 aromatic carbocycles. The number of nitrogens with two attached hydrogens (primary N) is 1. The van der Waals surface area contributed by atoms with E-state index in [1.54, 1.807) is 6.07 Å². The number of hydrogen-bond acceptors (Lipinski definition) is 3. The molecule has 0 atom stereocenters. The Morgan fingerprint density at radius 2 is 2.05 bits per heavy atom. The summed E-state index contributed by atoms with van der Waals surface area (Å²) in [5, 5.41) is 0. The first-order valence-corrected chi connectivity index (χ1v) is 6.60. The monoisotopic (exact) mass is 259 g/mol. The molecule has 19 heavy (non-hydrogen) atoms. The maximum Gasteiger partial charge on any atom is 0.256 e. The standard InChI is InChI=1S/C15H21N3O/c1-3-6-17-7-9-18(10-8-17)15(19)13-11-12(2)4-5-14(13)16/h3-5,11H,1,6-10,16H2,2H3. The second-order valence-electron chi connectivity index (χ2n) is 4.97. The molecular formula is C15H21N3O. The Kier molecular flexibility index (Phi) is 4.22. The zero-order valence-corrected chi connectivity index (χ0v) is 11.4. The fraction of sp³-hybridized carbons (Fsp3) is 0.400. The van der Waals surface area contributed by atoms with Crippen LogP contribution >= 0.6 is 0 Å². The van der Waals surface area contributed by atoms with Crippen molar-refractivity contribution in [3.05, 3.63) is 42.0 Å². The SMILES string of the molecule is C=CCN1CCN(C(=O)c2cc(C)ccc2N)CC1. The summed E-state index contributed by atoms with van der Waals surface area (Å²) in [5.41, 5.74) is 8.14. The molecule has 0 aliphatic carbocycles. The minimum Gasteiger partial charge on any atom is -0.398 e. The lowest BCUT2D eigenvalue weighted by molar-refractivity contribution is 0.0651. The van der Waals surface area contributed by atoms with E-state index in [0.717, 1.165) is 38.3 Å². The minimum atomic E-state index is 0.0412. The molecule has 0 bridgehead atoms. The first-order chi connectivity index (χ1) is 9.11. The van der Waals surface area contributed by atoms with Gasteiger partial charge < -0.3 is 10.6 Å². The van der Waals surface area contributed by atoms with Gasteiger partial charge >= 0.3 is 0 Å². The number of aryl methyl sites for hydroxylation is 1. The zero-order valence-electron chi connectivity index (χ0n) is 11.4. The topological polar surface area (TPSA) is 49.6 Å². The summed E-state index contributed by atoms with van der Waals surface area (Å²) >= 11 is 0. The molecule has 2 rings (SSSR count). The Morgan fingerprint density at radius 3 is 2.68 bits per heavy atom. The first kappa shape index (κ1) is 13.6. The van der Waals surface area contributed by atoms with Crippen LogP contribution in [0.4, 0.5) is 5.69 Å². The molecule has 2 N–H and O–H groups in total. The van der Waals surface area contributed by atoms with Gasteiger partial charge in [0, 0.05) is 38.4 Å². The number of anilines is 1. The number of benzene rings is 1. The van der Waals surface area contributed by atoms with E-state index in [-0.39, 0.29) is 5.91 Å². The van der Waals surface area contributed by atoms with Crippen LogP contribution in [-0.4, -0.2) is 48.4 Å². The fourth-order valence-electron chi connectivity index (χ4n) is 2.34. The van der Waals surface area contributed by atoms with Gasteiger partial charge in [-0.2, -0.15) is 0 Å². The quantitative estimate of drug-likeness (QED) is 0.661. The summed E-state index contributed by atoms with van der Waals surface area (Å²) in [5.74, 6) is 0.0412. The molecule has 0 radical (unpaired) electrons. The third-order valence-corrected chi connectivity index (χ3v) is 3.49. The molecule has 4 heteroatoms. The van der Waals surface area contributed by atoms with Crippen LogP contribution < -0.4 is 5.73 Å². The lowest BCUT2D eigenvalue weighted by Gasteiger charge is -2.34. The molecule has 0 unspecified atom stereocenters. The Morgan fingerprint density at radius 1 is 1.37 bits per heavy atom. The molecule has 1 heterocycles. The van der Waals surface area contributed by atoms with Crippen molar-refractivity contribution in [3.63, 3.8) is 0 Å². The maximum absolute atomic E-state index is 12.4. The molecule has 1 aliphatic rings. The number of piperazine rings is 1. The van der Waals surface area contributed by atoms with Gasteiger partial charge in [0.15, 0.2) is 0 Å². The molecule has 1 saturated heterocycles. The van der Waals surface area contributed by atoms with E-state index < -0.39 is 0 Å². The van der Waals surface area contributed by atoms with Crippen molar-refractivity contribution in [2.24, 2.45) is 0 Å². The van der Waals surface area contributed by atoms with Gasteiger partial charge in [-0.3, -0.25) is 9.69 Å². The van der Waals surface area contributed by atoms with Gasteiger partial charge in [0.25, 0.3) is 5.91 Å². The van der Waals surface area contributed by atoms with Gasteiger partial charge in [0.05, 0.1) is 5.56 Å². The fourth-order valence-corrected chi connectivity index (χ4v) is 2.34. The summed E-state index contributed by atoms with van der Waals surface area (Å²) in [7, 11) is 0. The maximum atomic E-state index is 12.4. The Balaban J connectivity index is 2.05. The van der Waals surface area contributed by atoms with Crippen LogP contribution in [0, 0.1) is 6.92 Å². The highest BCUT2D eigenvalue weighted by Crippen LogP contribution is 2.17. The third kappa shape index (κ3) is 3.15. The van der Waals surface area contributed by atoms with Crippen LogP contribution in [0.1, 0.15) is 15.9 Å². The van der Waals surface area contributed by atoms with Crippen molar-refractivity contribution in [2.45, 2.75) is 6.92 Å². The highest BCUT2D eigenvalue weighted by molar-refractivity contribution is 5.99. The lowest BCUT2D eigenvalue weighted by Crippen LogP contribution is -2.48. The van der Waals surface area contributed by atoms with E-state index in [1.165, 1.54) is 0 Å². The summed E-state index contributed by atoms with van der Waals surface area (Å²) in [6, 6.07) is 5.60. The van der Waals surface area contributed by atoms with Gasteiger partial charge in [-0.05, 0) is 19.1 Å². The molecule has 4 nitrogen and oxygen atoms in total. The molecule has 1 amide bonds. The summed E-state index contributed by atoms with van der Waals surface area (Å²) < 4.78 is 0. The Labute approximate surface area is 114 Å². The number of carbonyl (C=O) groups excluding carboxylic acids is 1. The van der Waals surface area contributed by atoms with E-state index in [2.05, 4.69) is 11.5 Å². The number of amides is 1. The van der Waals surface area contributed by atoms with Gasteiger partial charge in [-0.15, -0.1) is 6.58 Å². The molecule has 1 aromatic rings. The van der Waals surface area contributed by atoms with E-state index >= 15 is 0 Å². The van der Waals surface area contributed by atoms with Crippen molar-refractivity contribution in [1.82, 2.24) is 9.80 Å². The average Bonchev–Trinajstić information content (AvgIpc) is 2.42. The van der Waals surface area contributed by atoms with Gasteiger partial charge in [0.1, 0.15) is 0 Å². The lowest BCUT2D eigenvalue weighted by atomic mass is 10.1. The van der Waals surface area contributed by atoms with Crippen LogP contribution in [0.25, 0.3) is 0 Å². The van der Waals surface area contributed by atoms with Crippen LogP contribution in [0.5, 0.6) is 0 Å². The average molecular weight is 259 g/mol. The molecule has 1 aliphatic heterocycles. The number of carbonyl (C=O) groups is 1. The van der Waals surface area contributed by atoms with Crippen molar-refractivity contribution in [3.8, 4) is 0 Å². The number of nitrogens with zero attached hydrogens (tertiary/aromatic N) is 2. The van der Waals surface area contributed by atoms with Crippen LogP contribution in [-0.2, 0) is 0 Å². The molecule has 1 fully saturated rings. The number of rotatable bonds is 3. The van der Waals surface area contributed by atoms with E-state index in [4.69, 9.17) is 5.73 Å². The third-order valence-electron chi connectivity index (χ3n) is 3.49. The van der Waals surface area contributed by atoms with Crippen LogP contribution in [0.15, 0.2) is 30.9 Å². The Hall–Kier alpha value is -1.81. The molecule has 102 valence electrons. The van der Waals surface area contributed by atoms with E-state index in [0.29, 0.717) is 11.3 Å². The predicted molar refractivity (Wildman–Crippen MR) is 78.1 cm³/mol. The van der Waals surface area contributed by atoms with Crippen LogP contribution in [0.3, 0.4) is 0 Å². The molecule has 0 saturated carbocycles. The highest BCUT2D eigenvalue weighted by Gasteiger charge is 2.22. The largest absolute Gasteiger partial charge is 0.398 e. The van der Waals surface area contributed by atoms with Crippen molar-refractivity contribution in [2.75, 3.05) is 38.5 Å². The van der Waals surface area contributed by atoms with Gasteiger partial charge in [0.2, 0.25) is 0 Å². The van der Waals surface area contributed by atoms with Gasteiger partial charge in [-0.25, -0.2) is 0 Å². The molecule has 0 aromatic heterocycles. The second-order valence-corrected chi connectivity index (χ2v) is 4.97. The summed E-state index contributed by atoms with van der Waals surface area (Å²) in [6.07, 6.45) is 1.90. The van der Waals surface area contributed by atoms with E-state index in [9.17, 15) is 4.79 Å². The van der Waals surface area contributed by atoms with Gasteiger partial charge in [-0.1, -0.05) is 17.7 Å². The normalized spacial score (nSPS) is 16.4. The molecule has 0 spiro atoms. The summed E-state index contributed by atoms with van der Waals surface area (Å²) in [6.45, 7) is 9.88. The number of hydrogen-bond donors (Lipinski definition) is 1. The van der Waals surface area contributed by atoms with Crippen LogP contribution in [0.2, 0.25) is 0 Å². The van der Waals surface area contributed by atoms with Crippen molar-refractivity contribution in [1.29, 1.82) is 0 Å². The summed E-state index contributed by atoms with van der Waals surface area (Å²) in [4.78, 5) is 16.6. The van der Waals surface area contributed by atoms with Crippen molar-refractivity contribution < 1.29 is 4.79 Å².